The Kier molecular flexibility index (Phi) is 5.11. The zero-order valence-corrected chi connectivity index (χ0v) is 13.7. The molecule has 2 aliphatic rings. The van der Waals surface area contributed by atoms with Crippen LogP contribution in [0.3, 0.4) is 0 Å². The second-order valence-corrected chi connectivity index (χ2v) is 6.42. The molecule has 2 aliphatic heterocycles. The fourth-order valence-electron chi connectivity index (χ4n) is 3.69. The molecule has 1 aromatic carbocycles. The van der Waals surface area contributed by atoms with Gasteiger partial charge in [-0.15, -0.1) is 0 Å². The lowest BCUT2D eigenvalue weighted by atomic mass is 9.87. The molecule has 2 fully saturated rings. The number of hydrogen-bond acceptors (Lipinski definition) is 4. The number of carbonyl (C=O) groups is 2. The van der Waals surface area contributed by atoms with E-state index in [1.165, 1.54) is 19.1 Å². The Morgan fingerprint density at radius 3 is 2.79 bits per heavy atom. The summed E-state index contributed by atoms with van der Waals surface area (Å²) in [4.78, 5) is 25.3. The van der Waals surface area contributed by atoms with E-state index in [1.807, 2.05) is 4.90 Å². The summed E-state index contributed by atoms with van der Waals surface area (Å²) in [6.07, 6.45) is 1.87. The van der Waals surface area contributed by atoms with E-state index < -0.39 is 0 Å². The highest BCUT2D eigenvalue weighted by molar-refractivity contribution is 5.84. The molecule has 2 heterocycles. The van der Waals surface area contributed by atoms with Crippen molar-refractivity contribution in [1.29, 1.82) is 0 Å². The van der Waals surface area contributed by atoms with Crippen molar-refractivity contribution in [3.05, 3.63) is 35.6 Å². The number of rotatable bonds is 4. The number of amides is 2. The molecule has 0 bridgehead atoms. The predicted molar refractivity (Wildman–Crippen MR) is 87.5 cm³/mol. The van der Waals surface area contributed by atoms with Crippen LogP contribution < -0.4 is 16.2 Å². The molecule has 3 unspecified atom stereocenters. The molecule has 0 spiro atoms. The van der Waals surface area contributed by atoms with Gasteiger partial charge < -0.3 is 10.2 Å². The average molecular weight is 334 g/mol. The molecule has 0 saturated carbocycles. The summed E-state index contributed by atoms with van der Waals surface area (Å²) < 4.78 is 13.2. The van der Waals surface area contributed by atoms with E-state index >= 15 is 0 Å². The lowest BCUT2D eigenvalue weighted by Crippen LogP contribution is -2.51. The molecule has 0 radical (unpaired) electrons. The molecule has 1 aromatic rings. The van der Waals surface area contributed by atoms with Crippen LogP contribution in [-0.4, -0.2) is 48.4 Å². The third kappa shape index (κ3) is 3.57. The van der Waals surface area contributed by atoms with Gasteiger partial charge in [-0.05, 0) is 30.5 Å². The van der Waals surface area contributed by atoms with E-state index in [0.29, 0.717) is 6.54 Å². The molecule has 0 aliphatic carbocycles. The van der Waals surface area contributed by atoms with Crippen molar-refractivity contribution < 1.29 is 14.0 Å². The minimum Gasteiger partial charge on any atom is -0.347 e. The van der Waals surface area contributed by atoms with Crippen LogP contribution in [0.25, 0.3) is 0 Å². The smallest absolute Gasteiger partial charge is 0.242 e. The quantitative estimate of drug-likeness (QED) is 0.750. The van der Waals surface area contributed by atoms with Crippen LogP contribution in [0.2, 0.25) is 0 Å². The molecule has 3 N–H and O–H groups in total. The maximum atomic E-state index is 13.2. The van der Waals surface area contributed by atoms with Crippen LogP contribution in [0.15, 0.2) is 24.3 Å². The molecule has 130 valence electrons. The van der Waals surface area contributed by atoms with Gasteiger partial charge in [0, 0.05) is 38.0 Å². The number of nitrogens with one attached hydrogen (secondary N) is 3. The van der Waals surface area contributed by atoms with Crippen LogP contribution in [0.4, 0.5) is 4.39 Å². The molecule has 24 heavy (non-hydrogen) atoms. The second-order valence-electron chi connectivity index (χ2n) is 6.42. The van der Waals surface area contributed by atoms with Gasteiger partial charge in [-0.3, -0.25) is 20.4 Å². The molecule has 2 saturated heterocycles. The van der Waals surface area contributed by atoms with E-state index in [1.54, 1.807) is 12.1 Å². The van der Waals surface area contributed by atoms with Crippen molar-refractivity contribution in [3.8, 4) is 0 Å². The van der Waals surface area contributed by atoms with E-state index in [0.717, 1.165) is 24.9 Å². The van der Waals surface area contributed by atoms with Gasteiger partial charge >= 0.3 is 0 Å². The Labute approximate surface area is 140 Å². The van der Waals surface area contributed by atoms with Crippen LogP contribution in [0, 0.1) is 5.82 Å². The molecule has 6 nitrogen and oxygen atoms in total. The van der Waals surface area contributed by atoms with Gasteiger partial charge in [0.15, 0.2) is 0 Å². The summed E-state index contributed by atoms with van der Waals surface area (Å²) in [5, 5.41) is 2.57. The average Bonchev–Trinajstić information content (AvgIpc) is 3.21. The minimum atomic E-state index is -0.248. The van der Waals surface area contributed by atoms with Crippen molar-refractivity contribution in [1.82, 2.24) is 21.1 Å². The van der Waals surface area contributed by atoms with Crippen LogP contribution in [0.1, 0.15) is 31.2 Å². The monoisotopic (exact) mass is 334 g/mol. The Morgan fingerprint density at radius 1 is 1.33 bits per heavy atom. The topological polar surface area (TPSA) is 73.5 Å². The summed E-state index contributed by atoms with van der Waals surface area (Å²) in [7, 11) is 0. The maximum Gasteiger partial charge on any atom is 0.242 e. The fraction of sp³-hybridized carbons (Fsp3) is 0.529. The number of nitrogens with zero attached hydrogens (tertiary/aromatic N) is 1. The number of hydrogen-bond donors (Lipinski definition) is 3. The largest absolute Gasteiger partial charge is 0.347 e. The first-order chi connectivity index (χ1) is 11.6. The molecular weight excluding hydrogens is 311 g/mol. The van der Waals surface area contributed by atoms with Gasteiger partial charge in [-0.1, -0.05) is 12.1 Å². The molecule has 7 heteroatoms. The molecule has 3 atom stereocenters. The first-order valence-electron chi connectivity index (χ1n) is 8.34. The zero-order chi connectivity index (χ0) is 17.1. The van der Waals surface area contributed by atoms with Crippen LogP contribution in [-0.2, 0) is 9.59 Å². The van der Waals surface area contributed by atoms with Gasteiger partial charge in [0.05, 0.1) is 6.54 Å². The van der Waals surface area contributed by atoms with Gasteiger partial charge in [0.1, 0.15) is 5.82 Å². The van der Waals surface area contributed by atoms with Crippen molar-refractivity contribution >= 4 is 11.8 Å². The predicted octanol–water partition coefficient (Wildman–Crippen LogP) is 0.513. The summed E-state index contributed by atoms with van der Waals surface area (Å²) in [6.45, 7) is 2.88. The highest BCUT2D eigenvalue weighted by Gasteiger charge is 2.41. The Hall–Kier alpha value is -1.99. The first kappa shape index (κ1) is 16.9. The third-order valence-corrected chi connectivity index (χ3v) is 4.85. The van der Waals surface area contributed by atoms with E-state index in [9.17, 15) is 14.0 Å². The number of benzene rings is 1. The van der Waals surface area contributed by atoms with Crippen LogP contribution >= 0.6 is 0 Å². The molecule has 0 aromatic heterocycles. The molecule has 3 rings (SSSR count). The Morgan fingerprint density at radius 2 is 2.08 bits per heavy atom. The summed E-state index contributed by atoms with van der Waals surface area (Å²) >= 11 is 0. The minimum absolute atomic E-state index is 0.0349. The van der Waals surface area contributed by atoms with Crippen molar-refractivity contribution in [3.63, 3.8) is 0 Å². The lowest BCUT2D eigenvalue weighted by molar-refractivity contribution is -0.133. The number of hydrazine groups is 1. The van der Waals surface area contributed by atoms with Crippen LogP contribution in [0.5, 0.6) is 0 Å². The highest BCUT2D eigenvalue weighted by Crippen LogP contribution is 2.31. The third-order valence-electron chi connectivity index (χ3n) is 4.85. The maximum absolute atomic E-state index is 13.2. The SMILES string of the molecule is CC(=O)NCC(=O)N1CCCC1C1NNCC1c1ccc(F)cc1. The summed E-state index contributed by atoms with van der Waals surface area (Å²) in [5.41, 5.74) is 7.51. The zero-order valence-electron chi connectivity index (χ0n) is 13.7. The standard InChI is InChI=1S/C17H23FN4O2/c1-11(23)19-10-16(24)22-8-2-3-15(22)17-14(9-20-21-17)12-4-6-13(18)7-5-12/h4-7,14-15,17,20-21H,2-3,8-10H2,1H3,(H,19,23). The van der Waals surface area contributed by atoms with Crippen molar-refractivity contribution in [2.24, 2.45) is 0 Å². The summed E-state index contributed by atoms with van der Waals surface area (Å²) in [6, 6.07) is 6.69. The number of carbonyl (C=O) groups excluding carboxylic acids is 2. The number of halogens is 1. The normalized spacial score (nSPS) is 26.6. The lowest BCUT2D eigenvalue weighted by Gasteiger charge is -2.32. The molecule has 2 amide bonds. The second kappa shape index (κ2) is 7.27. The van der Waals surface area contributed by atoms with Crippen molar-refractivity contribution in [2.75, 3.05) is 19.6 Å². The van der Waals surface area contributed by atoms with Gasteiger partial charge in [0.2, 0.25) is 11.8 Å². The van der Waals surface area contributed by atoms with E-state index in [-0.39, 0.29) is 42.2 Å². The van der Waals surface area contributed by atoms with Gasteiger partial charge in [-0.25, -0.2) is 4.39 Å². The number of likely N-dealkylation sites (tertiary alicyclic amines) is 1. The fourth-order valence-corrected chi connectivity index (χ4v) is 3.69. The van der Waals surface area contributed by atoms with Gasteiger partial charge in [0.25, 0.3) is 0 Å². The first-order valence-corrected chi connectivity index (χ1v) is 8.34. The van der Waals surface area contributed by atoms with E-state index in [2.05, 4.69) is 16.2 Å². The van der Waals surface area contributed by atoms with Gasteiger partial charge in [-0.2, -0.15) is 0 Å². The van der Waals surface area contributed by atoms with E-state index in [4.69, 9.17) is 0 Å². The molecular formula is C17H23FN4O2. The highest BCUT2D eigenvalue weighted by atomic mass is 19.1. The Bertz CT molecular complexity index is 607. The summed E-state index contributed by atoms with van der Waals surface area (Å²) in [5.74, 6) is -0.338. The van der Waals surface area contributed by atoms with Crippen molar-refractivity contribution in [2.45, 2.75) is 37.8 Å². The Balaban J connectivity index is 1.72.